The van der Waals surface area contributed by atoms with E-state index in [-0.39, 0.29) is 11.8 Å². The third-order valence-electron chi connectivity index (χ3n) is 4.87. The molecule has 0 aliphatic rings. The van der Waals surface area contributed by atoms with Crippen molar-refractivity contribution >= 4 is 17.5 Å². The van der Waals surface area contributed by atoms with Gasteiger partial charge in [-0.1, -0.05) is 45.0 Å². The van der Waals surface area contributed by atoms with Gasteiger partial charge in [0.1, 0.15) is 0 Å². The average Bonchev–Trinajstić information content (AvgIpc) is 2.65. The highest BCUT2D eigenvalue weighted by molar-refractivity contribution is 5.94. The van der Waals surface area contributed by atoms with E-state index in [9.17, 15) is 9.59 Å². The fourth-order valence-corrected chi connectivity index (χ4v) is 2.98. The van der Waals surface area contributed by atoms with Crippen LogP contribution in [-0.2, 0) is 4.79 Å². The Hall–Kier alpha value is -2.62. The monoisotopic (exact) mass is 366 g/mol. The standard InChI is InChI=1S/C23H30N2O2/c1-16(2)19-6-8-21(9-7-19)23(27)25(5)15-14-17(3)20-10-12-22(13-11-20)24-18(4)26/h6-13,16-17H,14-15H2,1-5H3,(H,24,26). The van der Waals surface area contributed by atoms with Gasteiger partial charge in [0.05, 0.1) is 0 Å². The van der Waals surface area contributed by atoms with Gasteiger partial charge in [-0.05, 0) is 53.6 Å². The first-order valence-electron chi connectivity index (χ1n) is 9.51. The number of carbonyl (C=O) groups excluding carboxylic acids is 2. The predicted octanol–water partition coefficient (Wildman–Crippen LogP) is 5.03. The normalized spacial score (nSPS) is 11.9. The van der Waals surface area contributed by atoms with E-state index in [0.717, 1.165) is 17.7 Å². The summed E-state index contributed by atoms with van der Waals surface area (Å²) in [6.45, 7) is 8.64. The highest BCUT2D eigenvalue weighted by Crippen LogP contribution is 2.22. The Labute approximate surface area is 162 Å². The molecule has 2 aromatic rings. The maximum atomic E-state index is 12.6. The number of carbonyl (C=O) groups is 2. The molecule has 1 atom stereocenters. The van der Waals surface area contributed by atoms with Crippen LogP contribution in [0.2, 0.25) is 0 Å². The van der Waals surface area contributed by atoms with Crippen molar-refractivity contribution in [2.24, 2.45) is 0 Å². The molecule has 0 aliphatic heterocycles. The Balaban J connectivity index is 1.90. The smallest absolute Gasteiger partial charge is 0.253 e. The first-order valence-corrected chi connectivity index (χ1v) is 9.51. The predicted molar refractivity (Wildman–Crippen MR) is 111 cm³/mol. The molecule has 0 heterocycles. The van der Waals surface area contributed by atoms with Crippen molar-refractivity contribution in [3.8, 4) is 0 Å². The quantitative estimate of drug-likeness (QED) is 0.747. The van der Waals surface area contributed by atoms with Crippen LogP contribution in [0.15, 0.2) is 48.5 Å². The van der Waals surface area contributed by atoms with Crippen LogP contribution in [0, 0.1) is 0 Å². The number of anilines is 1. The minimum Gasteiger partial charge on any atom is -0.342 e. The summed E-state index contributed by atoms with van der Waals surface area (Å²) in [5.41, 5.74) is 3.97. The molecule has 0 aromatic heterocycles. The summed E-state index contributed by atoms with van der Waals surface area (Å²) in [6, 6.07) is 15.8. The fraction of sp³-hybridized carbons (Fsp3) is 0.391. The van der Waals surface area contributed by atoms with Gasteiger partial charge >= 0.3 is 0 Å². The first kappa shape index (κ1) is 20.7. The molecule has 0 aliphatic carbocycles. The second-order valence-electron chi connectivity index (χ2n) is 7.50. The van der Waals surface area contributed by atoms with Crippen molar-refractivity contribution in [2.75, 3.05) is 18.9 Å². The number of nitrogens with zero attached hydrogens (tertiary/aromatic N) is 1. The number of hydrogen-bond acceptors (Lipinski definition) is 2. The van der Waals surface area contributed by atoms with Crippen LogP contribution in [0.1, 0.15) is 67.4 Å². The largest absolute Gasteiger partial charge is 0.342 e. The summed E-state index contributed by atoms with van der Waals surface area (Å²) < 4.78 is 0. The summed E-state index contributed by atoms with van der Waals surface area (Å²) in [6.07, 6.45) is 0.881. The average molecular weight is 367 g/mol. The van der Waals surface area contributed by atoms with Gasteiger partial charge in [-0.2, -0.15) is 0 Å². The van der Waals surface area contributed by atoms with Gasteiger partial charge in [0.25, 0.3) is 5.91 Å². The third kappa shape index (κ3) is 5.95. The second-order valence-corrected chi connectivity index (χ2v) is 7.50. The number of amides is 2. The Kier molecular flexibility index (Phi) is 7.17. The van der Waals surface area contributed by atoms with Crippen LogP contribution in [0.4, 0.5) is 5.69 Å². The molecule has 0 fully saturated rings. The molecule has 2 rings (SSSR count). The lowest BCUT2D eigenvalue weighted by molar-refractivity contribution is -0.114. The number of nitrogens with one attached hydrogen (secondary N) is 1. The maximum Gasteiger partial charge on any atom is 0.253 e. The summed E-state index contributed by atoms with van der Waals surface area (Å²) in [5.74, 6) is 0.774. The van der Waals surface area contributed by atoms with Crippen molar-refractivity contribution in [3.63, 3.8) is 0 Å². The van der Waals surface area contributed by atoms with Gasteiger partial charge in [-0.3, -0.25) is 9.59 Å². The summed E-state index contributed by atoms with van der Waals surface area (Å²) in [7, 11) is 1.85. The van der Waals surface area contributed by atoms with E-state index >= 15 is 0 Å². The molecule has 0 bridgehead atoms. The highest BCUT2D eigenvalue weighted by Gasteiger charge is 2.14. The molecule has 27 heavy (non-hydrogen) atoms. The molecule has 2 amide bonds. The Morgan fingerprint density at radius 1 is 0.926 bits per heavy atom. The lowest BCUT2D eigenvalue weighted by atomic mass is 9.97. The van der Waals surface area contributed by atoms with Gasteiger partial charge < -0.3 is 10.2 Å². The molecule has 0 radical (unpaired) electrons. The molecular formula is C23H30N2O2. The van der Waals surface area contributed by atoms with Crippen LogP contribution in [0.5, 0.6) is 0 Å². The van der Waals surface area contributed by atoms with Crippen LogP contribution >= 0.6 is 0 Å². The SMILES string of the molecule is CC(=O)Nc1ccc(C(C)CCN(C)C(=O)c2ccc(C(C)C)cc2)cc1. The van der Waals surface area contributed by atoms with E-state index in [1.807, 2.05) is 55.6 Å². The second kappa shape index (κ2) is 9.36. The molecule has 1 unspecified atom stereocenters. The lowest BCUT2D eigenvalue weighted by Crippen LogP contribution is -2.28. The third-order valence-corrected chi connectivity index (χ3v) is 4.87. The zero-order valence-electron chi connectivity index (χ0n) is 17.0. The first-order chi connectivity index (χ1) is 12.8. The fourth-order valence-electron chi connectivity index (χ4n) is 2.98. The Morgan fingerprint density at radius 2 is 1.48 bits per heavy atom. The van der Waals surface area contributed by atoms with Gasteiger partial charge in [0.2, 0.25) is 5.91 Å². The molecule has 0 saturated heterocycles. The summed E-state index contributed by atoms with van der Waals surface area (Å²) >= 11 is 0. The van der Waals surface area contributed by atoms with Crippen molar-refractivity contribution in [1.29, 1.82) is 0 Å². The lowest BCUT2D eigenvalue weighted by Gasteiger charge is -2.20. The van der Waals surface area contributed by atoms with Crippen molar-refractivity contribution in [1.82, 2.24) is 4.90 Å². The van der Waals surface area contributed by atoms with Crippen LogP contribution < -0.4 is 5.32 Å². The van der Waals surface area contributed by atoms with E-state index in [2.05, 4.69) is 26.1 Å². The van der Waals surface area contributed by atoms with Crippen LogP contribution in [-0.4, -0.2) is 30.3 Å². The highest BCUT2D eigenvalue weighted by atomic mass is 16.2. The molecular weight excluding hydrogens is 336 g/mol. The van der Waals surface area contributed by atoms with Gasteiger partial charge in [-0.15, -0.1) is 0 Å². The van der Waals surface area contributed by atoms with E-state index < -0.39 is 0 Å². The van der Waals surface area contributed by atoms with E-state index in [1.165, 1.54) is 18.1 Å². The van der Waals surface area contributed by atoms with Crippen LogP contribution in [0.25, 0.3) is 0 Å². The zero-order valence-corrected chi connectivity index (χ0v) is 17.0. The molecule has 144 valence electrons. The molecule has 0 spiro atoms. The van der Waals surface area contributed by atoms with Crippen LogP contribution in [0.3, 0.4) is 0 Å². The molecule has 1 N–H and O–H groups in total. The minimum absolute atomic E-state index is 0.0542. The Morgan fingerprint density at radius 3 is 2.00 bits per heavy atom. The maximum absolute atomic E-state index is 12.6. The van der Waals surface area contributed by atoms with E-state index in [1.54, 1.807) is 4.90 Å². The van der Waals surface area contributed by atoms with E-state index in [4.69, 9.17) is 0 Å². The molecule has 2 aromatic carbocycles. The zero-order chi connectivity index (χ0) is 20.0. The molecule has 4 heteroatoms. The van der Waals surface area contributed by atoms with Gasteiger partial charge in [0, 0.05) is 31.8 Å². The number of rotatable bonds is 7. The van der Waals surface area contributed by atoms with Crippen molar-refractivity contribution in [3.05, 3.63) is 65.2 Å². The summed E-state index contributed by atoms with van der Waals surface area (Å²) in [4.78, 5) is 25.5. The van der Waals surface area contributed by atoms with Gasteiger partial charge in [0.15, 0.2) is 0 Å². The minimum atomic E-state index is -0.0719. The topological polar surface area (TPSA) is 49.4 Å². The number of hydrogen-bond donors (Lipinski definition) is 1. The van der Waals surface area contributed by atoms with Crippen molar-refractivity contribution in [2.45, 2.75) is 46.0 Å². The molecule has 4 nitrogen and oxygen atoms in total. The number of benzene rings is 2. The molecule has 0 saturated carbocycles. The van der Waals surface area contributed by atoms with Crippen molar-refractivity contribution < 1.29 is 9.59 Å². The summed E-state index contributed by atoms with van der Waals surface area (Å²) in [5, 5.41) is 2.77. The Bertz CT molecular complexity index is 764. The van der Waals surface area contributed by atoms with E-state index in [0.29, 0.717) is 18.4 Å². The van der Waals surface area contributed by atoms with Gasteiger partial charge in [-0.25, -0.2) is 0 Å².